The van der Waals surface area contributed by atoms with Crippen LogP contribution in [0.15, 0.2) is 48.8 Å². The maximum atomic E-state index is 13.1. The van der Waals surface area contributed by atoms with Gasteiger partial charge in [-0.25, -0.2) is 9.50 Å². The van der Waals surface area contributed by atoms with Crippen LogP contribution in [0, 0.1) is 17.2 Å². The van der Waals surface area contributed by atoms with Crippen molar-refractivity contribution in [3.63, 3.8) is 0 Å². The highest BCUT2D eigenvalue weighted by Gasteiger charge is 2.60. The molecule has 252 valence electrons. The minimum atomic E-state index is -2.14. The van der Waals surface area contributed by atoms with Gasteiger partial charge in [-0.05, 0) is 43.9 Å². The van der Waals surface area contributed by atoms with Gasteiger partial charge in [0.1, 0.15) is 48.4 Å². The molecule has 0 bridgehead atoms. The highest BCUT2D eigenvalue weighted by molar-refractivity contribution is 5.98. The van der Waals surface area contributed by atoms with Gasteiger partial charge in [-0.15, -0.1) is 0 Å². The molecule has 4 N–H and O–H groups in total. The molecule has 1 amide bonds. The van der Waals surface area contributed by atoms with Crippen LogP contribution in [0.25, 0.3) is 5.52 Å². The van der Waals surface area contributed by atoms with Gasteiger partial charge in [0, 0.05) is 6.61 Å². The molecule has 1 fully saturated rings. The molecule has 47 heavy (non-hydrogen) atoms. The second-order valence-corrected chi connectivity index (χ2v) is 12.3. The van der Waals surface area contributed by atoms with Gasteiger partial charge in [0.25, 0.3) is 5.91 Å². The van der Waals surface area contributed by atoms with Gasteiger partial charge in [-0.2, -0.15) is 10.4 Å². The Morgan fingerprint density at radius 1 is 1.21 bits per heavy atom. The Hall–Kier alpha value is -4.42. The van der Waals surface area contributed by atoms with Crippen molar-refractivity contribution in [3.05, 3.63) is 60.0 Å². The molecular formula is C33H42N6O8. The van der Waals surface area contributed by atoms with Crippen LogP contribution in [-0.4, -0.2) is 80.7 Å². The van der Waals surface area contributed by atoms with Crippen molar-refractivity contribution >= 4 is 29.2 Å². The summed E-state index contributed by atoms with van der Waals surface area (Å²) in [6, 6.07) is 13.0. The van der Waals surface area contributed by atoms with E-state index in [0.29, 0.717) is 12.1 Å². The van der Waals surface area contributed by atoms with Crippen molar-refractivity contribution < 1.29 is 38.4 Å². The van der Waals surface area contributed by atoms with Crippen LogP contribution in [0.5, 0.6) is 0 Å². The second-order valence-electron chi connectivity index (χ2n) is 12.3. The first-order valence-corrected chi connectivity index (χ1v) is 15.6. The zero-order chi connectivity index (χ0) is 34.4. The van der Waals surface area contributed by atoms with Gasteiger partial charge in [0.2, 0.25) is 5.60 Å². The van der Waals surface area contributed by atoms with Gasteiger partial charge in [0.05, 0.1) is 12.1 Å². The van der Waals surface area contributed by atoms with Gasteiger partial charge >= 0.3 is 11.9 Å². The third-order valence-corrected chi connectivity index (χ3v) is 8.01. The SMILES string of the molecule is CCCCOC(C)(C)C(=O)Nc1ncnn2c([C@]3(C#N)O[C@H](COC(=O)Cc4ccccc4)[C@@H](OC(=O)[C@H](N)C(C)C)[C@H]3O)ccc12. The molecule has 1 saturated heterocycles. The van der Waals surface area contributed by atoms with E-state index in [4.69, 9.17) is 24.7 Å². The lowest BCUT2D eigenvalue weighted by atomic mass is 9.92. The van der Waals surface area contributed by atoms with Crippen molar-refractivity contribution in [1.82, 2.24) is 14.6 Å². The number of aliphatic hydroxyl groups is 1. The van der Waals surface area contributed by atoms with Crippen molar-refractivity contribution in [2.45, 2.75) is 89.4 Å². The van der Waals surface area contributed by atoms with E-state index in [1.54, 1.807) is 58.0 Å². The van der Waals surface area contributed by atoms with Crippen molar-refractivity contribution in [1.29, 1.82) is 5.26 Å². The normalized spacial score (nSPS) is 21.7. The number of fused-ring (bicyclic) bond motifs is 1. The minimum absolute atomic E-state index is 0.0304. The first-order valence-electron chi connectivity index (χ1n) is 15.6. The van der Waals surface area contributed by atoms with Gasteiger partial charge in [-0.1, -0.05) is 57.5 Å². The van der Waals surface area contributed by atoms with E-state index in [0.717, 1.165) is 18.4 Å². The first kappa shape index (κ1) is 35.4. The number of ether oxygens (including phenoxy) is 4. The van der Waals surface area contributed by atoms with Crippen LogP contribution < -0.4 is 11.1 Å². The predicted octanol–water partition coefficient (Wildman–Crippen LogP) is 2.42. The van der Waals surface area contributed by atoms with Crippen LogP contribution in [0.4, 0.5) is 5.82 Å². The number of benzene rings is 1. The third-order valence-electron chi connectivity index (χ3n) is 8.01. The number of hydrogen-bond donors (Lipinski definition) is 3. The van der Waals surface area contributed by atoms with E-state index in [9.17, 15) is 24.8 Å². The molecule has 1 aliphatic rings. The number of nitrogens with one attached hydrogen (secondary N) is 1. The summed E-state index contributed by atoms with van der Waals surface area (Å²) in [5.41, 5.74) is 3.78. The average molecular weight is 651 g/mol. The lowest BCUT2D eigenvalue weighted by molar-refractivity contribution is -0.162. The number of amides is 1. The molecule has 0 saturated carbocycles. The Morgan fingerprint density at radius 2 is 1.94 bits per heavy atom. The predicted molar refractivity (Wildman–Crippen MR) is 169 cm³/mol. The molecule has 1 aliphatic heterocycles. The van der Waals surface area contributed by atoms with E-state index < -0.39 is 60.0 Å². The van der Waals surface area contributed by atoms with Crippen molar-refractivity contribution in [2.24, 2.45) is 11.7 Å². The summed E-state index contributed by atoms with van der Waals surface area (Å²) in [5, 5.41) is 29.2. The van der Waals surface area contributed by atoms with Gasteiger partial charge in [0.15, 0.2) is 11.9 Å². The van der Waals surface area contributed by atoms with Gasteiger partial charge in [-0.3, -0.25) is 14.4 Å². The molecule has 0 aliphatic carbocycles. The quantitative estimate of drug-likeness (QED) is 0.170. The van der Waals surface area contributed by atoms with Crippen LogP contribution >= 0.6 is 0 Å². The molecule has 0 unspecified atom stereocenters. The lowest BCUT2D eigenvalue weighted by Gasteiger charge is -2.26. The molecule has 14 heteroatoms. The number of esters is 2. The Bertz CT molecular complexity index is 1600. The number of nitrogens with two attached hydrogens (primary N) is 1. The summed E-state index contributed by atoms with van der Waals surface area (Å²) in [7, 11) is 0. The lowest BCUT2D eigenvalue weighted by Crippen LogP contribution is -2.46. The fourth-order valence-corrected chi connectivity index (χ4v) is 5.02. The maximum Gasteiger partial charge on any atom is 0.323 e. The Balaban J connectivity index is 1.64. The molecule has 5 atom stereocenters. The number of carbonyl (C=O) groups is 3. The van der Waals surface area contributed by atoms with Gasteiger partial charge < -0.3 is 35.1 Å². The van der Waals surface area contributed by atoms with E-state index in [1.165, 1.54) is 16.9 Å². The summed E-state index contributed by atoms with van der Waals surface area (Å²) in [6.07, 6.45) is -1.60. The zero-order valence-corrected chi connectivity index (χ0v) is 27.2. The topological polar surface area (TPSA) is 200 Å². The number of nitrogens with zero attached hydrogens (tertiary/aromatic N) is 4. The summed E-state index contributed by atoms with van der Waals surface area (Å²) in [4.78, 5) is 42.9. The van der Waals surface area contributed by atoms with Crippen LogP contribution in [-0.2, 0) is 45.4 Å². The summed E-state index contributed by atoms with van der Waals surface area (Å²) in [5.74, 6) is -2.02. The van der Waals surface area contributed by atoms with E-state index in [1.807, 2.05) is 19.1 Å². The van der Waals surface area contributed by atoms with Crippen molar-refractivity contribution in [3.8, 4) is 6.07 Å². The fourth-order valence-electron chi connectivity index (χ4n) is 5.02. The molecule has 2 aromatic heterocycles. The Labute approximate surface area is 273 Å². The number of rotatable bonds is 14. The smallest absolute Gasteiger partial charge is 0.323 e. The fraction of sp³-hybridized carbons (Fsp3) is 0.515. The first-order chi connectivity index (χ1) is 22.3. The number of nitriles is 1. The summed E-state index contributed by atoms with van der Waals surface area (Å²) < 4.78 is 24.3. The van der Waals surface area contributed by atoms with Crippen LogP contribution in [0.3, 0.4) is 0 Å². The number of carbonyl (C=O) groups excluding carboxylic acids is 3. The third kappa shape index (κ3) is 7.77. The number of anilines is 1. The highest BCUT2D eigenvalue weighted by Crippen LogP contribution is 2.42. The Morgan fingerprint density at radius 3 is 2.60 bits per heavy atom. The molecule has 1 aromatic carbocycles. The number of aromatic nitrogens is 3. The highest BCUT2D eigenvalue weighted by atomic mass is 16.6. The summed E-state index contributed by atoms with van der Waals surface area (Å²) >= 11 is 0. The Kier molecular flexibility index (Phi) is 11.3. The van der Waals surface area contributed by atoms with Crippen molar-refractivity contribution in [2.75, 3.05) is 18.5 Å². The molecule has 3 heterocycles. The second kappa shape index (κ2) is 15.0. The van der Waals surface area contributed by atoms with E-state index >= 15 is 0 Å². The van der Waals surface area contributed by atoms with Crippen LogP contribution in [0.1, 0.15) is 58.7 Å². The molecule has 4 rings (SSSR count). The van der Waals surface area contributed by atoms with Crippen LogP contribution in [0.2, 0.25) is 0 Å². The molecule has 3 aromatic rings. The number of aliphatic hydroxyl groups excluding tert-OH is 1. The largest absolute Gasteiger partial charge is 0.463 e. The number of hydrogen-bond acceptors (Lipinski definition) is 12. The zero-order valence-electron chi connectivity index (χ0n) is 27.2. The maximum absolute atomic E-state index is 13.1. The number of unbranched alkanes of at least 4 members (excludes halogenated alkanes) is 1. The van der Waals surface area contributed by atoms with E-state index in [2.05, 4.69) is 15.4 Å². The monoisotopic (exact) mass is 650 g/mol. The molecule has 14 nitrogen and oxygen atoms in total. The summed E-state index contributed by atoms with van der Waals surface area (Å²) in [6.45, 7) is 8.74. The minimum Gasteiger partial charge on any atom is -0.463 e. The molecular weight excluding hydrogens is 608 g/mol. The standard InChI is InChI=1S/C33H42N6O8/c1-6-7-15-45-32(4,5)31(43)38-29-22-13-14-24(39(22)37-19-36-29)33(18-34)28(41)27(46-30(42)26(35)20(2)3)23(47-33)17-44-25(40)16-21-11-9-8-10-12-21/h8-14,19-20,23,26-28,41H,6-7,15-17,35H2,1-5H3,(H,36,37,38,43)/t23-,26-,27-,28-,33+/m1/s1. The molecule has 0 spiro atoms. The molecule has 0 radical (unpaired) electrons. The average Bonchev–Trinajstić information content (AvgIpc) is 3.60. The van der Waals surface area contributed by atoms with E-state index in [-0.39, 0.29) is 23.9 Å².